The molecule has 0 radical (unpaired) electrons. The topological polar surface area (TPSA) is 60.0 Å². The quantitative estimate of drug-likeness (QED) is 0.255. The van der Waals surface area contributed by atoms with E-state index in [0.29, 0.717) is 18.5 Å². The molecule has 2 N–H and O–H groups in total. The van der Waals surface area contributed by atoms with Crippen molar-refractivity contribution in [3.8, 4) is 0 Å². The van der Waals surface area contributed by atoms with Crippen LogP contribution in [-0.4, -0.2) is 68.0 Å². The summed E-state index contributed by atoms with van der Waals surface area (Å²) in [7, 11) is 3.49. The summed E-state index contributed by atoms with van der Waals surface area (Å²) in [4.78, 5) is 20.4. The van der Waals surface area contributed by atoms with E-state index in [-0.39, 0.29) is 36.4 Å². The molecule has 1 aromatic rings. The minimum absolute atomic E-state index is 0. The number of hydrogen-bond donors (Lipinski definition) is 2. The van der Waals surface area contributed by atoms with E-state index in [1.54, 1.807) is 19.0 Å². The van der Waals surface area contributed by atoms with Gasteiger partial charge in [0.15, 0.2) is 5.96 Å². The zero-order valence-electron chi connectivity index (χ0n) is 18.2. The van der Waals surface area contributed by atoms with Gasteiger partial charge in [-0.1, -0.05) is 36.4 Å². The van der Waals surface area contributed by atoms with Gasteiger partial charge in [0.25, 0.3) is 0 Å². The van der Waals surface area contributed by atoms with Crippen molar-refractivity contribution in [1.82, 2.24) is 20.4 Å². The van der Waals surface area contributed by atoms with Gasteiger partial charge in [-0.2, -0.15) is 0 Å². The Bertz CT molecular complexity index is 696. The SMILES string of the molecule is C=C(C)CNC(=NCC(=O)N(C)C)NC1CCN(Cc2ccccc2C)CC1.I. The number of nitrogens with zero attached hydrogens (tertiary/aromatic N) is 3. The molecule has 0 spiro atoms. The fourth-order valence-corrected chi connectivity index (χ4v) is 3.13. The van der Waals surface area contributed by atoms with Gasteiger partial charge in [-0.3, -0.25) is 9.69 Å². The molecular weight excluding hydrogens is 477 g/mol. The summed E-state index contributed by atoms with van der Waals surface area (Å²) < 4.78 is 0. The highest BCUT2D eigenvalue weighted by Gasteiger charge is 2.20. The molecule has 6 nitrogen and oxygen atoms in total. The van der Waals surface area contributed by atoms with Gasteiger partial charge >= 0.3 is 0 Å². The molecule has 1 heterocycles. The third-order valence-electron chi connectivity index (χ3n) is 5.01. The largest absolute Gasteiger partial charge is 0.354 e. The summed E-state index contributed by atoms with van der Waals surface area (Å²) in [6.07, 6.45) is 2.11. The Hall–Kier alpha value is -1.61. The van der Waals surface area contributed by atoms with E-state index in [0.717, 1.165) is 38.0 Å². The number of likely N-dealkylation sites (tertiary alicyclic amines) is 1. The van der Waals surface area contributed by atoms with Crippen LogP contribution in [0.5, 0.6) is 0 Å². The van der Waals surface area contributed by atoms with E-state index in [4.69, 9.17) is 0 Å². The number of carbonyl (C=O) groups is 1. The molecule has 1 amide bonds. The van der Waals surface area contributed by atoms with Crippen molar-refractivity contribution in [2.45, 2.75) is 39.3 Å². The summed E-state index contributed by atoms with van der Waals surface area (Å²) in [6, 6.07) is 8.96. The van der Waals surface area contributed by atoms with Crippen LogP contribution in [0.25, 0.3) is 0 Å². The number of nitrogens with one attached hydrogen (secondary N) is 2. The second-order valence-corrected chi connectivity index (χ2v) is 7.88. The molecule has 1 aromatic carbocycles. The average molecular weight is 513 g/mol. The van der Waals surface area contributed by atoms with Gasteiger partial charge in [0.2, 0.25) is 5.91 Å². The average Bonchev–Trinajstić information content (AvgIpc) is 2.66. The zero-order valence-corrected chi connectivity index (χ0v) is 20.5. The number of aliphatic imine (C=N–C) groups is 1. The minimum atomic E-state index is -0.00975. The molecule has 1 aliphatic heterocycles. The lowest BCUT2D eigenvalue weighted by atomic mass is 10.0. The zero-order chi connectivity index (χ0) is 20.5. The van der Waals surface area contributed by atoms with Crippen molar-refractivity contribution >= 4 is 35.8 Å². The molecule has 7 heteroatoms. The first kappa shape index (κ1) is 25.4. The molecule has 0 aliphatic carbocycles. The van der Waals surface area contributed by atoms with Crippen molar-refractivity contribution in [3.05, 3.63) is 47.5 Å². The van der Waals surface area contributed by atoms with Gasteiger partial charge in [0.1, 0.15) is 6.54 Å². The van der Waals surface area contributed by atoms with Crippen molar-refractivity contribution in [3.63, 3.8) is 0 Å². The smallest absolute Gasteiger partial charge is 0.243 e. The van der Waals surface area contributed by atoms with E-state index in [1.165, 1.54) is 11.1 Å². The summed E-state index contributed by atoms with van der Waals surface area (Å²) in [5.74, 6) is 0.681. The second-order valence-electron chi connectivity index (χ2n) is 7.88. The van der Waals surface area contributed by atoms with Crippen molar-refractivity contribution in [1.29, 1.82) is 0 Å². The summed E-state index contributed by atoms with van der Waals surface area (Å²) >= 11 is 0. The number of aryl methyl sites for hydroxylation is 1. The van der Waals surface area contributed by atoms with Gasteiger partial charge in [0, 0.05) is 46.3 Å². The number of benzene rings is 1. The first-order chi connectivity index (χ1) is 13.3. The van der Waals surface area contributed by atoms with Gasteiger partial charge < -0.3 is 15.5 Å². The first-order valence-corrected chi connectivity index (χ1v) is 10.0. The van der Waals surface area contributed by atoms with E-state index in [2.05, 4.69) is 58.3 Å². The maximum absolute atomic E-state index is 11.9. The molecule has 1 saturated heterocycles. The number of piperidine rings is 1. The predicted octanol–water partition coefficient (Wildman–Crippen LogP) is 2.78. The third-order valence-corrected chi connectivity index (χ3v) is 5.01. The number of likely N-dealkylation sites (N-methyl/N-ethyl adjacent to an activating group) is 1. The summed E-state index contributed by atoms with van der Waals surface area (Å²) in [5, 5.41) is 6.78. The number of rotatable bonds is 7. The number of hydrogen-bond acceptors (Lipinski definition) is 3. The van der Waals surface area contributed by atoms with Crippen LogP contribution in [-0.2, 0) is 11.3 Å². The summed E-state index contributed by atoms with van der Waals surface area (Å²) in [5.41, 5.74) is 3.79. The molecule has 0 unspecified atom stereocenters. The van der Waals surface area contributed by atoms with Crippen LogP contribution in [0, 0.1) is 6.92 Å². The van der Waals surface area contributed by atoms with E-state index < -0.39 is 0 Å². The van der Waals surface area contributed by atoms with Crippen LogP contribution in [0.2, 0.25) is 0 Å². The van der Waals surface area contributed by atoms with Gasteiger partial charge in [0.05, 0.1) is 0 Å². The Morgan fingerprint density at radius 1 is 1.28 bits per heavy atom. The molecule has 0 saturated carbocycles. The van der Waals surface area contributed by atoms with Gasteiger partial charge in [-0.05, 0) is 37.8 Å². The van der Waals surface area contributed by atoms with E-state index >= 15 is 0 Å². The molecule has 1 aliphatic rings. The Kier molecular flexibility index (Phi) is 11.3. The standard InChI is InChI=1S/C22H35N5O.HI/c1-17(2)14-23-22(24-15-21(28)26(4)5)25-20-10-12-27(13-11-20)16-19-9-7-6-8-18(19)3;/h6-9,20H,1,10-16H2,2-5H3,(H2,23,24,25);1H. The fourth-order valence-electron chi connectivity index (χ4n) is 3.13. The monoisotopic (exact) mass is 513 g/mol. The third kappa shape index (κ3) is 9.16. The summed E-state index contributed by atoms with van der Waals surface area (Å²) in [6.45, 7) is 12.0. The Morgan fingerprint density at radius 2 is 1.93 bits per heavy atom. The molecule has 162 valence electrons. The normalized spacial score (nSPS) is 15.4. The number of amides is 1. The van der Waals surface area contributed by atoms with Crippen molar-refractivity contribution < 1.29 is 4.79 Å². The number of guanidine groups is 1. The van der Waals surface area contributed by atoms with E-state index in [9.17, 15) is 4.79 Å². The Balaban J connectivity index is 0.00000420. The minimum Gasteiger partial charge on any atom is -0.354 e. The first-order valence-electron chi connectivity index (χ1n) is 10.0. The van der Waals surface area contributed by atoms with Crippen LogP contribution >= 0.6 is 24.0 Å². The van der Waals surface area contributed by atoms with Crippen LogP contribution < -0.4 is 10.6 Å². The van der Waals surface area contributed by atoms with Crippen LogP contribution in [0.1, 0.15) is 30.9 Å². The highest BCUT2D eigenvalue weighted by Crippen LogP contribution is 2.16. The van der Waals surface area contributed by atoms with Crippen LogP contribution in [0.15, 0.2) is 41.4 Å². The van der Waals surface area contributed by atoms with Crippen LogP contribution in [0.4, 0.5) is 0 Å². The molecule has 0 aromatic heterocycles. The lowest BCUT2D eigenvalue weighted by molar-refractivity contribution is -0.127. The molecule has 1 fully saturated rings. The lowest BCUT2D eigenvalue weighted by Crippen LogP contribution is -2.49. The van der Waals surface area contributed by atoms with Crippen molar-refractivity contribution in [2.75, 3.05) is 40.3 Å². The molecule has 29 heavy (non-hydrogen) atoms. The number of carbonyl (C=O) groups excluding carboxylic acids is 1. The van der Waals surface area contributed by atoms with Gasteiger partial charge in [-0.25, -0.2) is 4.99 Å². The molecule has 0 atom stereocenters. The van der Waals surface area contributed by atoms with Crippen LogP contribution in [0.3, 0.4) is 0 Å². The molecule has 2 rings (SSSR count). The fraction of sp³-hybridized carbons (Fsp3) is 0.545. The maximum atomic E-state index is 11.9. The van der Waals surface area contributed by atoms with Gasteiger partial charge in [-0.15, -0.1) is 24.0 Å². The Labute approximate surface area is 192 Å². The Morgan fingerprint density at radius 3 is 2.52 bits per heavy atom. The molecular formula is C22H36IN5O. The maximum Gasteiger partial charge on any atom is 0.243 e. The lowest BCUT2D eigenvalue weighted by Gasteiger charge is -2.33. The predicted molar refractivity (Wildman–Crippen MR) is 132 cm³/mol. The van der Waals surface area contributed by atoms with Crippen molar-refractivity contribution in [2.24, 2.45) is 4.99 Å². The second kappa shape index (κ2) is 12.8. The highest BCUT2D eigenvalue weighted by atomic mass is 127. The number of halogens is 1. The van der Waals surface area contributed by atoms with E-state index in [1.807, 2.05) is 6.92 Å². The molecule has 0 bridgehead atoms. The highest BCUT2D eigenvalue weighted by molar-refractivity contribution is 14.0.